The number of Topliss-reactive ketones (excluding diaryl/α,β-unsaturated/α-hetero) is 1. The number of aromatic nitrogens is 1. The van der Waals surface area contributed by atoms with E-state index >= 15 is 0 Å². The minimum absolute atomic E-state index is 0.0704. The van der Waals surface area contributed by atoms with Crippen molar-refractivity contribution in [2.24, 2.45) is 5.92 Å². The zero-order chi connectivity index (χ0) is 17.1. The van der Waals surface area contributed by atoms with Gasteiger partial charge in [-0.05, 0) is 25.0 Å². The molecule has 6 heteroatoms. The van der Waals surface area contributed by atoms with Crippen molar-refractivity contribution in [3.05, 3.63) is 29.3 Å². The highest BCUT2D eigenvalue weighted by molar-refractivity contribution is 7.18. The molecule has 1 saturated heterocycles. The van der Waals surface area contributed by atoms with Gasteiger partial charge in [-0.2, -0.15) is 5.26 Å². The lowest BCUT2D eigenvalue weighted by Gasteiger charge is -2.32. The number of hydrogen-bond acceptors (Lipinski definition) is 5. The highest BCUT2D eigenvalue weighted by Crippen LogP contribution is 2.31. The van der Waals surface area contributed by atoms with Crippen LogP contribution in [0, 0.1) is 17.2 Å². The van der Waals surface area contributed by atoms with E-state index in [0.717, 1.165) is 23.1 Å². The van der Waals surface area contributed by atoms with Crippen LogP contribution >= 0.6 is 11.3 Å². The SMILES string of the molecule is CCC(=O)N1CCC[C@H](C(=O)[C@H](C#N)c2nc3ccccc3s2)C1. The van der Waals surface area contributed by atoms with E-state index in [9.17, 15) is 14.9 Å². The van der Waals surface area contributed by atoms with Gasteiger partial charge in [0, 0.05) is 25.4 Å². The quantitative estimate of drug-likeness (QED) is 0.856. The van der Waals surface area contributed by atoms with Gasteiger partial charge < -0.3 is 4.90 Å². The number of rotatable bonds is 4. The predicted octanol–water partition coefficient (Wildman–Crippen LogP) is 3.12. The number of carbonyl (C=O) groups excluding carboxylic acids is 2. The number of ketones is 1. The fraction of sp³-hybridized carbons (Fsp3) is 0.444. The summed E-state index contributed by atoms with van der Waals surface area (Å²) in [7, 11) is 0. The first-order valence-corrected chi connectivity index (χ1v) is 9.02. The first-order chi connectivity index (χ1) is 11.6. The third kappa shape index (κ3) is 3.17. The first-order valence-electron chi connectivity index (χ1n) is 8.20. The van der Waals surface area contributed by atoms with Crippen molar-refractivity contribution in [3.8, 4) is 6.07 Å². The molecule has 0 N–H and O–H groups in total. The number of likely N-dealkylation sites (tertiary alicyclic amines) is 1. The van der Waals surface area contributed by atoms with Crippen LogP contribution in [0.5, 0.6) is 0 Å². The van der Waals surface area contributed by atoms with Crippen molar-refractivity contribution < 1.29 is 9.59 Å². The van der Waals surface area contributed by atoms with Crippen LogP contribution in [0.2, 0.25) is 0 Å². The molecular weight excluding hydrogens is 322 g/mol. The molecule has 1 aromatic carbocycles. The van der Waals surface area contributed by atoms with Crippen LogP contribution in [0.3, 0.4) is 0 Å². The highest BCUT2D eigenvalue weighted by atomic mass is 32.1. The maximum absolute atomic E-state index is 12.9. The van der Waals surface area contributed by atoms with E-state index in [4.69, 9.17) is 0 Å². The minimum atomic E-state index is -0.843. The smallest absolute Gasteiger partial charge is 0.222 e. The second kappa shape index (κ2) is 7.10. The summed E-state index contributed by atoms with van der Waals surface area (Å²) in [5, 5.41) is 10.1. The van der Waals surface area contributed by atoms with Crippen LogP contribution in [-0.4, -0.2) is 34.7 Å². The second-order valence-corrected chi connectivity index (χ2v) is 7.08. The summed E-state index contributed by atoms with van der Waals surface area (Å²) in [6, 6.07) is 9.77. The lowest BCUT2D eigenvalue weighted by Crippen LogP contribution is -2.43. The monoisotopic (exact) mass is 341 g/mol. The van der Waals surface area contributed by atoms with Crippen molar-refractivity contribution in [2.75, 3.05) is 13.1 Å². The van der Waals surface area contributed by atoms with Gasteiger partial charge in [0.1, 0.15) is 5.01 Å². The molecule has 24 heavy (non-hydrogen) atoms. The Labute approximate surface area is 144 Å². The number of para-hydroxylation sites is 1. The highest BCUT2D eigenvalue weighted by Gasteiger charge is 2.34. The zero-order valence-electron chi connectivity index (χ0n) is 13.6. The van der Waals surface area contributed by atoms with E-state index in [1.54, 1.807) is 4.90 Å². The molecule has 0 spiro atoms. The number of thiazole rings is 1. The van der Waals surface area contributed by atoms with Crippen LogP contribution < -0.4 is 0 Å². The van der Waals surface area contributed by atoms with Gasteiger partial charge in [0.05, 0.1) is 16.3 Å². The standard InChI is InChI=1S/C18H19N3O2S/c1-2-16(22)21-9-5-6-12(11-21)17(23)13(10-19)18-20-14-7-3-4-8-15(14)24-18/h3-4,7-8,12-13H,2,5-6,9,11H2,1H3/t12-,13-/m0/s1. The van der Waals surface area contributed by atoms with E-state index < -0.39 is 5.92 Å². The number of benzene rings is 1. The molecule has 124 valence electrons. The van der Waals surface area contributed by atoms with E-state index in [1.165, 1.54) is 11.3 Å². The first kappa shape index (κ1) is 16.6. The number of fused-ring (bicyclic) bond motifs is 1. The molecule has 1 fully saturated rings. The van der Waals surface area contributed by atoms with Crippen molar-refractivity contribution in [2.45, 2.75) is 32.1 Å². The summed E-state index contributed by atoms with van der Waals surface area (Å²) >= 11 is 1.40. The van der Waals surface area contributed by atoms with Crippen LogP contribution in [0.15, 0.2) is 24.3 Å². The number of nitriles is 1. The molecule has 0 aliphatic carbocycles. The number of hydrogen-bond donors (Lipinski definition) is 0. The van der Waals surface area contributed by atoms with Crippen LogP contribution in [0.4, 0.5) is 0 Å². The van der Waals surface area contributed by atoms with Gasteiger partial charge in [-0.15, -0.1) is 11.3 Å². The fourth-order valence-corrected chi connectivity index (χ4v) is 4.17. The Bertz CT molecular complexity index is 775. The Morgan fingerprint density at radius 1 is 1.46 bits per heavy atom. The molecular formula is C18H19N3O2S. The van der Waals surface area contributed by atoms with Crippen molar-refractivity contribution >= 4 is 33.2 Å². The lowest BCUT2D eigenvalue weighted by atomic mass is 9.87. The Balaban J connectivity index is 1.81. The minimum Gasteiger partial charge on any atom is -0.342 e. The third-order valence-electron chi connectivity index (χ3n) is 4.45. The number of amides is 1. The molecule has 5 nitrogen and oxygen atoms in total. The number of carbonyl (C=O) groups is 2. The van der Waals surface area contributed by atoms with Gasteiger partial charge in [0.15, 0.2) is 11.7 Å². The predicted molar refractivity (Wildman–Crippen MR) is 92.6 cm³/mol. The summed E-state index contributed by atoms with van der Waals surface area (Å²) < 4.78 is 0.979. The summed E-state index contributed by atoms with van der Waals surface area (Å²) in [4.78, 5) is 31.0. The van der Waals surface area contributed by atoms with Gasteiger partial charge in [0.2, 0.25) is 5.91 Å². The third-order valence-corrected chi connectivity index (χ3v) is 5.55. The molecule has 0 saturated carbocycles. The Morgan fingerprint density at radius 3 is 2.96 bits per heavy atom. The molecule has 2 atom stereocenters. The van der Waals surface area contributed by atoms with Crippen LogP contribution in [0.1, 0.15) is 37.1 Å². The Kier molecular flexibility index (Phi) is 4.91. The van der Waals surface area contributed by atoms with Gasteiger partial charge >= 0.3 is 0 Å². The molecule has 1 aliphatic rings. The maximum atomic E-state index is 12.9. The Morgan fingerprint density at radius 2 is 2.25 bits per heavy atom. The average Bonchev–Trinajstić information content (AvgIpc) is 3.05. The molecule has 0 bridgehead atoms. The summed E-state index contributed by atoms with van der Waals surface area (Å²) in [5.41, 5.74) is 0.817. The maximum Gasteiger partial charge on any atom is 0.222 e. The molecule has 2 aromatic rings. The fourth-order valence-electron chi connectivity index (χ4n) is 3.15. The molecule has 3 rings (SSSR count). The van der Waals surface area contributed by atoms with Gasteiger partial charge in [0.25, 0.3) is 0 Å². The normalized spacial score (nSPS) is 19.0. The second-order valence-electron chi connectivity index (χ2n) is 6.02. The topological polar surface area (TPSA) is 74.1 Å². The molecule has 1 aliphatic heterocycles. The van der Waals surface area contributed by atoms with Gasteiger partial charge in [-0.25, -0.2) is 4.98 Å². The molecule has 2 heterocycles. The van der Waals surface area contributed by atoms with Gasteiger partial charge in [-0.1, -0.05) is 19.1 Å². The van der Waals surface area contributed by atoms with Crippen molar-refractivity contribution in [1.29, 1.82) is 5.26 Å². The largest absolute Gasteiger partial charge is 0.342 e. The van der Waals surface area contributed by atoms with Crippen molar-refractivity contribution in [1.82, 2.24) is 9.88 Å². The summed E-state index contributed by atoms with van der Waals surface area (Å²) in [6.07, 6.45) is 1.98. The van der Waals surface area contributed by atoms with E-state index in [2.05, 4.69) is 11.1 Å². The Hall–Kier alpha value is -2.26. The van der Waals surface area contributed by atoms with E-state index in [1.807, 2.05) is 31.2 Å². The number of piperidine rings is 1. The van der Waals surface area contributed by atoms with Crippen LogP contribution in [-0.2, 0) is 9.59 Å². The average molecular weight is 341 g/mol. The molecule has 0 radical (unpaired) electrons. The lowest BCUT2D eigenvalue weighted by molar-refractivity contribution is -0.134. The molecule has 1 aromatic heterocycles. The molecule has 0 unspecified atom stereocenters. The number of nitrogens with zero attached hydrogens (tertiary/aromatic N) is 3. The van der Waals surface area contributed by atoms with Crippen LogP contribution in [0.25, 0.3) is 10.2 Å². The zero-order valence-corrected chi connectivity index (χ0v) is 14.4. The van der Waals surface area contributed by atoms with E-state index in [-0.39, 0.29) is 17.6 Å². The summed E-state index contributed by atoms with van der Waals surface area (Å²) in [5.74, 6) is -1.15. The van der Waals surface area contributed by atoms with E-state index in [0.29, 0.717) is 24.5 Å². The summed E-state index contributed by atoms with van der Waals surface area (Å²) in [6.45, 7) is 2.95. The van der Waals surface area contributed by atoms with Crippen molar-refractivity contribution in [3.63, 3.8) is 0 Å². The molecule has 1 amide bonds. The van der Waals surface area contributed by atoms with Gasteiger partial charge in [-0.3, -0.25) is 9.59 Å².